The summed E-state index contributed by atoms with van der Waals surface area (Å²) < 4.78 is 0. The maximum Gasteiger partial charge on any atom is 0.222 e. The van der Waals surface area contributed by atoms with Crippen LogP contribution in [0.4, 0.5) is 11.8 Å². The molecule has 0 spiro atoms. The van der Waals surface area contributed by atoms with Gasteiger partial charge in [0.15, 0.2) is 0 Å². The molecule has 0 bridgehead atoms. The summed E-state index contributed by atoms with van der Waals surface area (Å²) in [7, 11) is 0. The van der Waals surface area contributed by atoms with Gasteiger partial charge in [-0.15, -0.1) is 12.4 Å². The van der Waals surface area contributed by atoms with Crippen molar-refractivity contribution in [3.8, 4) is 11.8 Å². The largest absolute Gasteiger partial charge is 0.393 e. The average Bonchev–Trinajstić information content (AvgIpc) is 2.64. The molecular formula is C21H27ClN4O. The third-order valence-corrected chi connectivity index (χ3v) is 4.68. The number of aliphatic hydroxyl groups is 1. The molecule has 0 aliphatic heterocycles. The molecule has 0 saturated heterocycles. The highest BCUT2D eigenvalue weighted by atomic mass is 35.5. The van der Waals surface area contributed by atoms with Crippen molar-refractivity contribution in [3.05, 3.63) is 47.2 Å². The van der Waals surface area contributed by atoms with E-state index in [1.165, 1.54) is 5.56 Å². The molecule has 6 heteroatoms. The zero-order valence-corrected chi connectivity index (χ0v) is 16.4. The van der Waals surface area contributed by atoms with Gasteiger partial charge in [-0.25, -0.2) is 4.98 Å². The lowest BCUT2D eigenvalue weighted by Crippen LogP contribution is -2.29. The topological polar surface area (TPSA) is 84.1 Å². The molecule has 1 saturated carbocycles. The molecule has 1 fully saturated rings. The lowest BCUT2D eigenvalue weighted by Gasteiger charge is -2.26. The molecule has 2 aromatic rings. The number of anilines is 2. The second kappa shape index (κ2) is 10.1. The molecule has 1 heterocycles. The molecular weight excluding hydrogens is 360 g/mol. The first-order valence-corrected chi connectivity index (χ1v) is 9.32. The van der Waals surface area contributed by atoms with E-state index >= 15 is 0 Å². The summed E-state index contributed by atoms with van der Waals surface area (Å²) in [6.07, 6.45) is 7.16. The van der Waals surface area contributed by atoms with E-state index in [4.69, 9.17) is 5.73 Å². The summed E-state index contributed by atoms with van der Waals surface area (Å²) >= 11 is 0. The van der Waals surface area contributed by atoms with E-state index in [9.17, 15) is 5.11 Å². The van der Waals surface area contributed by atoms with Gasteiger partial charge in [-0.1, -0.05) is 37.3 Å². The van der Waals surface area contributed by atoms with Gasteiger partial charge in [0.25, 0.3) is 0 Å². The fourth-order valence-electron chi connectivity index (χ4n) is 3.19. The molecule has 1 aliphatic carbocycles. The zero-order chi connectivity index (χ0) is 18.4. The van der Waals surface area contributed by atoms with Gasteiger partial charge in [-0.2, -0.15) is 4.98 Å². The van der Waals surface area contributed by atoms with E-state index in [0.717, 1.165) is 49.7 Å². The predicted molar refractivity (Wildman–Crippen MR) is 112 cm³/mol. The van der Waals surface area contributed by atoms with E-state index in [0.29, 0.717) is 5.82 Å². The number of benzene rings is 1. The highest BCUT2D eigenvalue weighted by molar-refractivity contribution is 5.85. The number of aryl methyl sites for hydroxylation is 1. The van der Waals surface area contributed by atoms with Gasteiger partial charge < -0.3 is 16.2 Å². The zero-order valence-electron chi connectivity index (χ0n) is 15.6. The van der Waals surface area contributed by atoms with Crippen LogP contribution in [0.25, 0.3) is 0 Å². The minimum Gasteiger partial charge on any atom is -0.393 e. The standard InChI is InChI=1S/C21H26N4O.ClH/c1-2-3-15-4-6-16(7-5-15)8-9-17-14-23-21(22)25-20(17)24-18-10-12-19(26)13-11-18;/h4-7,14,18-19,26H,2-3,10-13H2,1H3,(H3,22,23,24,25);1H/t18-,19-;. The summed E-state index contributed by atoms with van der Waals surface area (Å²) in [5.74, 6) is 7.26. The number of nitrogens with two attached hydrogens (primary N) is 1. The molecule has 1 aromatic heterocycles. The number of rotatable bonds is 4. The maximum atomic E-state index is 9.66. The summed E-state index contributed by atoms with van der Waals surface area (Å²) in [5, 5.41) is 13.1. The van der Waals surface area contributed by atoms with Crippen LogP contribution in [0.5, 0.6) is 0 Å². The second-order valence-electron chi connectivity index (χ2n) is 6.84. The molecule has 27 heavy (non-hydrogen) atoms. The van der Waals surface area contributed by atoms with Crippen molar-refractivity contribution in [2.75, 3.05) is 11.1 Å². The van der Waals surface area contributed by atoms with Crippen molar-refractivity contribution in [3.63, 3.8) is 0 Å². The number of hydrogen-bond donors (Lipinski definition) is 3. The lowest BCUT2D eigenvalue weighted by molar-refractivity contribution is 0.126. The fourth-order valence-corrected chi connectivity index (χ4v) is 3.19. The second-order valence-corrected chi connectivity index (χ2v) is 6.84. The molecule has 0 radical (unpaired) electrons. The predicted octanol–water partition coefficient (Wildman–Crippen LogP) is 3.55. The Morgan fingerprint density at radius 3 is 2.52 bits per heavy atom. The Labute approximate surface area is 167 Å². The maximum absolute atomic E-state index is 9.66. The molecule has 0 unspecified atom stereocenters. The number of halogens is 1. The van der Waals surface area contributed by atoms with Crippen LogP contribution in [0.3, 0.4) is 0 Å². The van der Waals surface area contributed by atoms with Gasteiger partial charge in [-0.05, 0) is 49.8 Å². The fraction of sp³-hybridized carbons (Fsp3) is 0.429. The minimum absolute atomic E-state index is 0. The summed E-state index contributed by atoms with van der Waals surface area (Å²) in [6, 6.07) is 8.62. The number of nitrogen functional groups attached to an aromatic ring is 1. The first-order valence-electron chi connectivity index (χ1n) is 9.32. The number of aliphatic hydroxyl groups excluding tert-OH is 1. The van der Waals surface area contributed by atoms with Gasteiger partial charge in [-0.3, -0.25) is 0 Å². The smallest absolute Gasteiger partial charge is 0.222 e. The number of nitrogens with one attached hydrogen (secondary N) is 1. The van der Waals surface area contributed by atoms with Crippen molar-refractivity contribution in [2.45, 2.75) is 57.6 Å². The van der Waals surface area contributed by atoms with Crippen molar-refractivity contribution in [1.82, 2.24) is 9.97 Å². The first-order chi connectivity index (χ1) is 12.6. The molecule has 3 rings (SSSR count). The average molecular weight is 387 g/mol. The first kappa shape index (κ1) is 21.0. The van der Waals surface area contributed by atoms with E-state index < -0.39 is 0 Å². The third kappa shape index (κ3) is 6.13. The van der Waals surface area contributed by atoms with E-state index in [-0.39, 0.29) is 30.5 Å². The van der Waals surface area contributed by atoms with Crippen molar-refractivity contribution in [1.29, 1.82) is 0 Å². The monoisotopic (exact) mass is 386 g/mol. The van der Waals surface area contributed by atoms with Crippen molar-refractivity contribution < 1.29 is 5.11 Å². The SMILES string of the molecule is CCCc1ccc(C#Cc2cnc(N)nc2N[C@H]2CC[C@H](O)CC2)cc1.Cl. The number of hydrogen-bond acceptors (Lipinski definition) is 5. The van der Waals surface area contributed by atoms with Crippen LogP contribution in [0.1, 0.15) is 55.7 Å². The third-order valence-electron chi connectivity index (χ3n) is 4.68. The molecule has 1 aliphatic rings. The summed E-state index contributed by atoms with van der Waals surface area (Å²) in [5.41, 5.74) is 8.79. The van der Waals surface area contributed by atoms with Crippen LogP contribution in [0.15, 0.2) is 30.5 Å². The van der Waals surface area contributed by atoms with Crippen LogP contribution in [0, 0.1) is 11.8 Å². The highest BCUT2D eigenvalue weighted by Crippen LogP contribution is 2.23. The Hall–Kier alpha value is -2.29. The molecule has 1 aromatic carbocycles. The Balaban J connectivity index is 0.00000261. The van der Waals surface area contributed by atoms with Gasteiger partial charge >= 0.3 is 0 Å². The summed E-state index contributed by atoms with van der Waals surface area (Å²) in [6.45, 7) is 2.18. The van der Waals surface area contributed by atoms with Gasteiger partial charge in [0, 0.05) is 11.6 Å². The van der Waals surface area contributed by atoms with Gasteiger partial charge in [0.1, 0.15) is 5.82 Å². The van der Waals surface area contributed by atoms with Gasteiger partial charge in [0.05, 0.1) is 17.9 Å². The van der Waals surface area contributed by atoms with Crippen LogP contribution in [-0.2, 0) is 6.42 Å². The highest BCUT2D eigenvalue weighted by Gasteiger charge is 2.20. The lowest BCUT2D eigenvalue weighted by atomic mass is 9.93. The Kier molecular flexibility index (Phi) is 7.90. The van der Waals surface area contributed by atoms with Crippen LogP contribution in [0.2, 0.25) is 0 Å². The number of aromatic nitrogens is 2. The van der Waals surface area contributed by atoms with Crippen molar-refractivity contribution >= 4 is 24.2 Å². The molecule has 0 atom stereocenters. The Morgan fingerprint density at radius 1 is 1.15 bits per heavy atom. The van der Waals surface area contributed by atoms with Crippen LogP contribution < -0.4 is 11.1 Å². The van der Waals surface area contributed by atoms with Crippen LogP contribution >= 0.6 is 12.4 Å². The quantitative estimate of drug-likeness (QED) is 0.700. The van der Waals surface area contributed by atoms with Crippen molar-refractivity contribution in [2.24, 2.45) is 0 Å². The molecule has 5 nitrogen and oxygen atoms in total. The Bertz CT molecular complexity index is 790. The van der Waals surface area contributed by atoms with Crippen LogP contribution in [-0.4, -0.2) is 27.2 Å². The molecule has 144 valence electrons. The normalized spacial score (nSPS) is 18.7. The Morgan fingerprint density at radius 2 is 1.85 bits per heavy atom. The van der Waals surface area contributed by atoms with E-state index in [1.54, 1.807) is 6.20 Å². The van der Waals surface area contributed by atoms with E-state index in [2.05, 4.69) is 46.2 Å². The van der Waals surface area contributed by atoms with E-state index in [1.807, 2.05) is 12.1 Å². The van der Waals surface area contributed by atoms with Gasteiger partial charge in [0.2, 0.25) is 5.95 Å². The number of nitrogens with zero attached hydrogens (tertiary/aromatic N) is 2. The minimum atomic E-state index is -0.182. The summed E-state index contributed by atoms with van der Waals surface area (Å²) in [4.78, 5) is 8.41. The molecule has 4 N–H and O–H groups in total. The molecule has 0 amide bonds.